The zero-order valence-electron chi connectivity index (χ0n) is 12.0. The predicted octanol–water partition coefficient (Wildman–Crippen LogP) is 1.97. The summed E-state index contributed by atoms with van der Waals surface area (Å²) in [5, 5.41) is 3.70. The van der Waals surface area contributed by atoms with Crippen LogP contribution in [0, 0.1) is 6.92 Å². The lowest BCUT2D eigenvalue weighted by Gasteiger charge is -2.35. The first kappa shape index (κ1) is 13.9. The summed E-state index contributed by atoms with van der Waals surface area (Å²) in [5.74, 6) is 0.647. The normalized spacial score (nSPS) is 17.0. The highest BCUT2D eigenvalue weighted by Gasteiger charge is 2.30. The molecule has 0 bridgehead atoms. The summed E-state index contributed by atoms with van der Waals surface area (Å²) < 4.78 is 5.79. The van der Waals surface area contributed by atoms with Crippen LogP contribution >= 0.6 is 11.3 Å². The van der Waals surface area contributed by atoms with Crippen LogP contribution in [0.4, 0.5) is 5.69 Å². The largest absolute Gasteiger partial charge is 0.477 e. The van der Waals surface area contributed by atoms with Gasteiger partial charge in [-0.2, -0.15) is 0 Å². The van der Waals surface area contributed by atoms with E-state index in [9.17, 15) is 4.79 Å². The Labute approximate surface area is 127 Å². The van der Waals surface area contributed by atoms with E-state index in [-0.39, 0.29) is 5.91 Å². The van der Waals surface area contributed by atoms with Crippen LogP contribution in [-0.4, -0.2) is 30.6 Å². The van der Waals surface area contributed by atoms with Crippen LogP contribution in [0.1, 0.15) is 9.88 Å². The standard InChI is InChI=1S/C15H17N3O2S/c1-10-17-7-11(21-10)8-18-9-14(15(19)16-2)20-13-6-4-3-5-12(13)18/h3-7,14H,8-9H2,1-2H3,(H,16,19). The predicted molar refractivity (Wildman–Crippen MR) is 82.8 cm³/mol. The molecule has 1 atom stereocenters. The maximum absolute atomic E-state index is 11.9. The number of nitrogens with zero attached hydrogens (tertiary/aromatic N) is 2. The minimum Gasteiger partial charge on any atom is -0.477 e. The number of benzene rings is 1. The molecule has 2 aromatic rings. The lowest BCUT2D eigenvalue weighted by atomic mass is 10.1. The van der Waals surface area contributed by atoms with Crippen molar-refractivity contribution in [2.75, 3.05) is 18.5 Å². The van der Waals surface area contributed by atoms with Crippen molar-refractivity contribution in [1.29, 1.82) is 0 Å². The number of rotatable bonds is 3. The summed E-state index contributed by atoms with van der Waals surface area (Å²) in [6, 6.07) is 7.81. The summed E-state index contributed by atoms with van der Waals surface area (Å²) >= 11 is 1.68. The Morgan fingerprint density at radius 3 is 3.05 bits per heavy atom. The van der Waals surface area contributed by atoms with Crippen molar-refractivity contribution in [3.8, 4) is 5.75 Å². The van der Waals surface area contributed by atoms with Crippen LogP contribution in [-0.2, 0) is 11.3 Å². The average molecular weight is 303 g/mol. The molecule has 1 aliphatic rings. The molecule has 6 heteroatoms. The van der Waals surface area contributed by atoms with E-state index in [1.54, 1.807) is 18.4 Å². The molecule has 1 aromatic carbocycles. The van der Waals surface area contributed by atoms with Gasteiger partial charge in [0.05, 0.1) is 23.8 Å². The van der Waals surface area contributed by atoms with Gasteiger partial charge in [-0.3, -0.25) is 4.79 Å². The third-order valence-electron chi connectivity index (χ3n) is 3.42. The molecule has 0 fully saturated rings. The zero-order valence-corrected chi connectivity index (χ0v) is 12.8. The van der Waals surface area contributed by atoms with Crippen molar-refractivity contribution in [2.24, 2.45) is 0 Å². The fraction of sp³-hybridized carbons (Fsp3) is 0.333. The Morgan fingerprint density at radius 2 is 2.33 bits per heavy atom. The molecule has 0 saturated heterocycles. The fourth-order valence-electron chi connectivity index (χ4n) is 2.42. The quantitative estimate of drug-likeness (QED) is 0.942. The first-order valence-electron chi connectivity index (χ1n) is 6.81. The van der Waals surface area contributed by atoms with Gasteiger partial charge in [0.15, 0.2) is 6.10 Å². The van der Waals surface area contributed by atoms with E-state index in [2.05, 4.69) is 15.2 Å². The van der Waals surface area contributed by atoms with Crippen LogP contribution in [0.2, 0.25) is 0 Å². The van der Waals surface area contributed by atoms with Gasteiger partial charge in [-0.15, -0.1) is 11.3 Å². The van der Waals surface area contributed by atoms with Crippen LogP contribution in [0.25, 0.3) is 0 Å². The Balaban J connectivity index is 1.88. The Bertz CT molecular complexity index is 656. The number of ether oxygens (including phenoxy) is 1. The van der Waals surface area contributed by atoms with Gasteiger partial charge in [0.25, 0.3) is 5.91 Å². The number of hydrogen-bond donors (Lipinski definition) is 1. The summed E-state index contributed by atoms with van der Waals surface area (Å²) in [4.78, 5) is 19.5. The summed E-state index contributed by atoms with van der Waals surface area (Å²) in [5.41, 5.74) is 1.02. The smallest absolute Gasteiger partial charge is 0.262 e. The first-order chi connectivity index (χ1) is 10.2. The maximum Gasteiger partial charge on any atom is 0.262 e. The third kappa shape index (κ3) is 2.85. The minimum absolute atomic E-state index is 0.102. The van der Waals surface area contributed by atoms with E-state index in [1.165, 1.54) is 4.88 Å². The molecule has 110 valence electrons. The lowest BCUT2D eigenvalue weighted by molar-refractivity contribution is -0.127. The molecule has 0 radical (unpaired) electrons. The second kappa shape index (κ2) is 5.73. The molecule has 21 heavy (non-hydrogen) atoms. The van der Waals surface area contributed by atoms with Crippen LogP contribution in [0.5, 0.6) is 5.75 Å². The highest BCUT2D eigenvalue weighted by Crippen LogP contribution is 2.34. The van der Waals surface area contributed by atoms with Crippen LogP contribution in [0.3, 0.4) is 0 Å². The van der Waals surface area contributed by atoms with Crippen molar-refractivity contribution in [3.05, 3.63) is 40.3 Å². The number of para-hydroxylation sites is 2. The average Bonchev–Trinajstić information content (AvgIpc) is 2.91. The molecule has 0 aliphatic carbocycles. The van der Waals surface area contributed by atoms with Gasteiger partial charge in [0.2, 0.25) is 0 Å². The maximum atomic E-state index is 11.9. The Morgan fingerprint density at radius 1 is 1.52 bits per heavy atom. The van der Waals surface area contributed by atoms with Crippen molar-refractivity contribution in [1.82, 2.24) is 10.3 Å². The molecule has 0 saturated carbocycles. The molecule has 1 N–H and O–H groups in total. The molecule has 1 unspecified atom stereocenters. The summed E-state index contributed by atoms with van der Waals surface area (Å²) in [6.45, 7) is 3.27. The number of anilines is 1. The summed E-state index contributed by atoms with van der Waals surface area (Å²) in [6.07, 6.45) is 1.41. The number of thiazole rings is 1. The van der Waals surface area contributed by atoms with Gasteiger partial charge in [-0.1, -0.05) is 12.1 Å². The highest BCUT2D eigenvalue weighted by molar-refractivity contribution is 7.11. The van der Waals surface area contributed by atoms with Gasteiger partial charge in [-0.05, 0) is 19.1 Å². The number of hydrogen-bond acceptors (Lipinski definition) is 5. The Hall–Kier alpha value is -2.08. The van der Waals surface area contributed by atoms with Crippen molar-refractivity contribution >= 4 is 22.9 Å². The van der Waals surface area contributed by atoms with E-state index in [0.717, 1.165) is 23.0 Å². The molecule has 1 aliphatic heterocycles. The third-order valence-corrected chi connectivity index (χ3v) is 4.31. The van der Waals surface area contributed by atoms with E-state index in [0.29, 0.717) is 6.54 Å². The molecule has 2 heterocycles. The molecule has 5 nitrogen and oxygen atoms in total. The number of aromatic nitrogens is 1. The molecule has 0 spiro atoms. The molecule has 1 amide bonds. The SMILES string of the molecule is CNC(=O)C1CN(Cc2cnc(C)s2)c2ccccc2O1. The highest BCUT2D eigenvalue weighted by atomic mass is 32.1. The number of carbonyl (C=O) groups excluding carboxylic acids is 1. The number of likely N-dealkylation sites (N-methyl/N-ethyl adjacent to an activating group) is 1. The van der Waals surface area contributed by atoms with Crippen molar-refractivity contribution in [3.63, 3.8) is 0 Å². The number of carbonyl (C=O) groups is 1. The van der Waals surface area contributed by atoms with Crippen LogP contribution < -0.4 is 15.0 Å². The second-order valence-corrected chi connectivity index (χ2v) is 6.23. The van der Waals surface area contributed by atoms with E-state index < -0.39 is 6.10 Å². The van der Waals surface area contributed by atoms with Crippen LogP contribution in [0.15, 0.2) is 30.5 Å². The number of amides is 1. The number of aryl methyl sites for hydroxylation is 1. The minimum atomic E-state index is -0.487. The number of nitrogens with one attached hydrogen (secondary N) is 1. The molecule has 3 rings (SSSR count). The van der Waals surface area contributed by atoms with Gasteiger partial charge >= 0.3 is 0 Å². The molecule has 1 aromatic heterocycles. The second-order valence-electron chi connectivity index (χ2n) is 4.91. The zero-order chi connectivity index (χ0) is 14.8. The summed E-state index contributed by atoms with van der Waals surface area (Å²) in [7, 11) is 1.63. The Kier molecular flexibility index (Phi) is 3.79. The van der Waals surface area contributed by atoms with Gasteiger partial charge in [0.1, 0.15) is 5.75 Å². The monoisotopic (exact) mass is 303 g/mol. The van der Waals surface area contributed by atoms with E-state index >= 15 is 0 Å². The van der Waals surface area contributed by atoms with Gasteiger partial charge < -0.3 is 15.0 Å². The van der Waals surface area contributed by atoms with E-state index in [1.807, 2.05) is 37.4 Å². The van der Waals surface area contributed by atoms with Gasteiger partial charge in [0, 0.05) is 18.1 Å². The van der Waals surface area contributed by atoms with Crippen molar-refractivity contribution < 1.29 is 9.53 Å². The first-order valence-corrected chi connectivity index (χ1v) is 7.62. The topological polar surface area (TPSA) is 54.5 Å². The molecular weight excluding hydrogens is 286 g/mol. The fourth-order valence-corrected chi connectivity index (χ4v) is 3.23. The van der Waals surface area contributed by atoms with Crippen molar-refractivity contribution in [2.45, 2.75) is 19.6 Å². The van der Waals surface area contributed by atoms with E-state index in [4.69, 9.17) is 4.74 Å². The molecular formula is C15H17N3O2S. The number of fused-ring (bicyclic) bond motifs is 1. The van der Waals surface area contributed by atoms with Gasteiger partial charge in [-0.25, -0.2) is 4.98 Å². The lowest BCUT2D eigenvalue weighted by Crippen LogP contribution is -2.47.